The van der Waals surface area contributed by atoms with Crippen molar-refractivity contribution in [3.63, 3.8) is 0 Å². The van der Waals surface area contributed by atoms with Crippen molar-refractivity contribution in [2.45, 2.75) is 58.2 Å². The van der Waals surface area contributed by atoms with Crippen LogP contribution in [0.25, 0.3) is 11.1 Å². The SMILES string of the molecule is CC(C)C[C@H](NP(=O)(O)OC(NC(=O)OCc1ccccc1)C(=O)OCc1ccccc1)C(=O)N[C@@H](Cc1ccc(-c2cccnc2)cc1)C(=O)O. The number of carbonyl (C=O) groups excluding carboxylic acids is 3. The van der Waals surface area contributed by atoms with Crippen LogP contribution in [-0.4, -0.2) is 57.2 Å². The van der Waals surface area contributed by atoms with Gasteiger partial charge in [0.15, 0.2) is 0 Å². The van der Waals surface area contributed by atoms with Crippen LogP contribution < -0.4 is 15.7 Å². The van der Waals surface area contributed by atoms with Crippen LogP contribution in [-0.2, 0) is 52.6 Å². The second-order valence-corrected chi connectivity index (χ2v) is 13.7. The van der Waals surface area contributed by atoms with E-state index in [9.17, 15) is 33.7 Å². The third kappa shape index (κ3) is 13.1. The zero-order valence-electron chi connectivity index (χ0n) is 28.6. The summed E-state index contributed by atoms with van der Waals surface area (Å²) in [6.45, 7) is 3.07. The van der Waals surface area contributed by atoms with Crippen molar-refractivity contribution in [1.82, 2.24) is 20.7 Å². The van der Waals surface area contributed by atoms with E-state index in [-0.39, 0.29) is 32.0 Å². The molecule has 0 saturated heterocycles. The fourth-order valence-corrected chi connectivity index (χ4v) is 6.04. The first-order valence-corrected chi connectivity index (χ1v) is 18.0. The summed E-state index contributed by atoms with van der Waals surface area (Å²) in [5.74, 6) is -3.66. The van der Waals surface area contributed by atoms with E-state index >= 15 is 0 Å². The number of aromatic nitrogens is 1. The van der Waals surface area contributed by atoms with Gasteiger partial charge in [-0.25, -0.2) is 24.0 Å². The number of rotatable bonds is 18. The lowest BCUT2D eigenvalue weighted by Crippen LogP contribution is -2.51. The number of carbonyl (C=O) groups is 4. The van der Waals surface area contributed by atoms with E-state index in [4.69, 9.17) is 14.0 Å². The Labute approximate surface area is 301 Å². The predicted octanol–water partition coefficient (Wildman–Crippen LogP) is 4.98. The number of ether oxygens (including phenoxy) is 2. The summed E-state index contributed by atoms with van der Waals surface area (Å²) in [7, 11) is -5.10. The van der Waals surface area contributed by atoms with Crippen LogP contribution >= 0.6 is 7.75 Å². The molecule has 0 spiro atoms. The van der Waals surface area contributed by atoms with Gasteiger partial charge in [0.25, 0.3) is 0 Å². The third-order valence-electron chi connectivity index (χ3n) is 7.49. The van der Waals surface area contributed by atoms with E-state index in [1.165, 1.54) is 0 Å². The molecule has 1 heterocycles. The molecule has 3 aromatic carbocycles. The van der Waals surface area contributed by atoms with Gasteiger partial charge in [-0.05, 0) is 46.2 Å². The summed E-state index contributed by atoms with van der Waals surface area (Å²) in [4.78, 5) is 66.4. The van der Waals surface area contributed by atoms with Gasteiger partial charge in [0.1, 0.15) is 19.3 Å². The molecule has 0 aliphatic rings. The van der Waals surface area contributed by atoms with Crippen molar-refractivity contribution in [3.8, 4) is 11.1 Å². The smallest absolute Gasteiger partial charge is 0.409 e. The molecule has 2 unspecified atom stereocenters. The Balaban J connectivity index is 1.45. The Bertz CT molecular complexity index is 1810. The van der Waals surface area contributed by atoms with Crippen LogP contribution in [0.3, 0.4) is 0 Å². The molecule has 14 nitrogen and oxygen atoms in total. The number of carboxylic acid groups (broad SMARTS) is 1. The Hall–Kier alpha value is -5.40. The first-order chi connectivity index (χ1) is 24.9. The van der Waals surface area contributed by atoms with Crippen LogP contribution in [0.15, 0.2) is 109 Å². The maximum absolute atomic E-state index is 13.5. The molecule has 0 fully saturated rings. The number of hydrogen-bond donors (Lipinski definition) is 5. The standard InChI is InChI=1S/C37H41N4O10P/c1-25(2)20-31(33(42)39-32(35(43)44)21-26-15-17-29(18-16-26)30-14-9-19-38-22-30)41-52(47,48)51-34(36(45)49-23-27-10-5-3-6-11-27)40-37(46)50-24-28-12-7-4-8-13-28/h3-19,22,25,31-32,34H,20-21,23-24H2,1-2H3,(H,39,42)(H,40,46)(H,43,44)(H2,41,47,48)/t31-,32-,34?/m0/s1. The lowest BCUT2D eigenvalue weighted by atomic mass is 10.0. The molecule has 5 N–H and O–H groups in total. The normalized spacial score (nSPS) is 13.9. The zero-order valence-corrected chi connectivity index (χ0v) is 29.5. The van der Waals surface area contributed by atoms with Crippen molar-refractivity contribution in [2.24, 2.45) is 5.92 Å². The Morgan fingerprint density at radius 3 is 1.92 bits per heavy atom. The van der Waals surface area contributed by atoms with Crippen molar-refractivity contribution in [1.29, 1.82) is 0 Å². The maximum Gasteiger partial charge on any atom is 0.409 e. The van der Waals surface area contributed by atoms with Crippen LogP contribution in [0, 0.1) is 5.92 Å². The van der Waals surface area contributed by atoms with Gasteiger partial charge in [-0.3, -0.25) is 19.6 Å². The molecule has 1 aromatic heterocycles. The monoisotopic (exact) mass is 732 g/mol. The Kier molecular flexibility index (Phi) is 14.6. The average Bonchev–Trinajstić information content (AvgIpc) is 3.13. The summed E-state index contributed by atoms with van der Waals surface area (Å²) >= 11 is 0. The number of hydrogen-bond acceptors (Lipinski definition) is 9. The summed E-state index contributed by atoms with van der Waals surface area (Å²) in [6.07, 6.45) is -0.0482. The van der Waals surface area contributed by atoms with Gasteiger partial charge in [0, 0.05) is 18.8 Å². The summed E-state index contributed by atoms with van der Waals surface area (Å²) in [5.41, 5.74) is 3.60. The molecule has 0 bridgehead atoms. The van der Waals surface area contributed by atoms with Gasteiger partial charge in [0.05, 0.1) is 6.04 Å². The van der Waals surface area contributed by atoms with Crippen molar-refractivity contribution < 1.29 is 47.7 Å². The Morgan fingerprint density at radius 1 is 0.750 bits per heavy atom. The van der Waals surface area contributed by atoms with E-state index in [0.717, 1.165) is 11.1 Å². The van der Waals surface area contributed by atoms with Gasteiger partial charge in [-0.2, -0.15) is 0 Å². The second-order valence-electron chi connectivity index (χ2n) is 12.2. The second kappa shape index (κ2) is 19.3. The third-order valence-corrected chi connectivity index (χ3v) is 8.63. The molecule has 0 saturated carbocycles. The van der Waals surface area contributed by atoms with Gasteiger partial charge in [-0.15, -0.1) is 0 Å². The van der Waals surface area contributed by atoms with Crippen molar-refractivity contribution in [2.75, 3.05) is 0 Å². The highest BCUT2D eigenvalue weighted by atomic mass is 31.2. The largest absolute Gasteiger partial charge is 0.480 e. The molecule has 15 heteroatoms. The Morgan fingerprint density at radius 2 is 1.37 bits per heavy atom. The summed E-state index contributed by atoms with van der Waals surface area (Å²) in [6, 6.07) is 25.1. The van der Waals surface area contributed by atoms with Gasteiger partial charge in [0.2, 0.25) is 12.1 Å². The molecule has 0 aliphatic carbocycles. The van der Waals surface area contributed by atoms with Gasteiger partial charge >= 0.3 is 25.8 Å². The molecule has 274 valence electrons. The predicted molar refractivity (Wildman–Crippen MR) is 190 cm³/mol. The van der Waals surface area contributed by atoms with Crippen molar-refractivity contribution >= 4 is 31.7 Å². The number of aliphatic carboxylic acids is 1. The quantitative estimate of drug-likeness (QED) is 0.0523. The van der Waals surface area contributed by atoms with Crippen molar-refractivity contribution in [3.05, 3.63) is 126 Å². The number of esters is 1. The molecule has 0 radical (unpaired) electrons. The summed E-state index contributed by atoms with van der Waals surface area (Å²) in [5, 5.41) is 16.7. The number of nitrogens with one attached hydrogen (secondary N) is 3. The first kappa shape index (κ1) is 39.4. The summed E-state index contributed by atoms with van der Waals surface area (Å²) < 4.78 is 29.0. The average molecular weight is 733 g/mol. The minimum Gasteiger partial charge on any atom is -0.480 e. The number of nitrogens with zero attached hydrogens (tertiary/aromatic N) is 1. The highest BCUT2D eigenvalue weighted by Gasteiger charge is 2.37. The van der Waals surface area contributed by atoms with E-state index in [1.54, 1.807) is 105 Å². The molecular formula is C37H41N4O10P. The highest BCUT2D eigenvalue weighted by Crippen LogP contribution is 2.40. The first-order valence-electron chi connectivity index (χ1n) is 16.4. The highest BCUT2D eigenvalue weighted by molar-refractivity contribution is 7.50. The minimum absolute atomic E-state index is 0.0262. The van der Waals surface area contributed by atoms with Crippen LogP contribution in [0.4, 0.5) is 4.79 Å². The molecular weight excluding hydrogens is 691 g/mol. The van der Waals surface area contributed by atoms with Crippen LogP contribution in [0.1, 0.15) is 37.0 Å². The molecule has 4 aromatic rings. The molecule has 4 rings (SSSR count). The number of amides is 2. The number of pyridine rings is 1. The minimum atomic E-state index is -5.10. The topological polar surface area (TPSA) is 202 Å². The number of alkyl carbamates (subject to hydrolysis) is 1. The fraction of sp³-hybridized carbons (Fsp3) is 0.270. The van der Waals surface area contributed by atoms with E-state index in [2.05, 4.69) is 20.7 Å². The van der Waals surface area contributed by atoms with E-state index in [1.807, 2.05) is 18.2 Å². The molecule has 4 atom stereocenters. The zero-order chi connectivity index (χ0) is 37.5. The maximum atomic E-state index is 13.5. The fourth-order valence-electron chi connectivity index (χ4n) is 4.94. The van der Waals surface area contributed by atoms with Crippen LogP contribution in [0.5, 0.6) is 0 Å². The van der Waals surface area contributed by atoms with E-state index < -0.39 is 50.0 Å². The van der Waals surface area contributed by atoms with Gasteiger partial charge in [-0.1, -0.05) is 105 Å². The van der Waals surface area contributed by atoms with Gasteiger partial charge < -0.3 is 24.8 Å². The van der Waals surface area contributed by atoms with Crippen LogP contribution in [0.2, 0.25) is 0 Å². The molecule has 2 amide bonds. The lowest BCUT2D eigenvalue weighted by molar-refractivity contribution is -0.155. The van der Waals surface area contributed by atoms with E-state index in [0.29, 0.717) is 16.7 Å². The molecule has 0 aliphatic heterocycles. The number of benzene rings is 3. The molecule has 52 heavy (non-hydrogen) atoms. The number of carboxylic acids is 1. The lowest BCUT2D eigenvalue weighted by Gasteiger charge is -2.26.